The molecule has 0 unspecified atom stereocenters. The molecule has 1 heterocycles. The Labute approximate surface area is 146 Å². The first-order chi connectivity index (χ1) is 11.8. The highest BCUT2D eigenvalue weighted by molar-refractivity contribution is 5.83. The summed E-state index contributed by atoms with van der Waals surface area (Å²) in [6, 6.07) is 7.30. The summed E-state index contributed by atoms with van der Waals surface area (Å²) < 4.78 is 7.57. The summed E-state index contributed by atoms with van der Waals surface area (Å²) in [5.41, 5.74) is 0.641. The number of hydrogen-bond donors (Lipinski definition) is 0. The number of aliphatic imine (C=N–C) groups is 1. The smallest absolute Gasteiger partial charge is 0.331 e. The molecule has 0 fully saturated rings. The minimum absolute atomic E-state index is 0.207. The third kappa shape index (κ3) is 4.06. The van der Waals surface area contributed by atoms with Crippen molar-refractivity contribution in [1.29, 1.82) is 0 Å². The van der Waals surface area contributed by atoms with Crippen LogP contribution >= 0.6 is 0 Å². The van der Waals surface area contributed by atoms with E-state index in [1.54, 1.807) is 32.6 Å². The van der Waals surface area contributed by atoms with Crippen LogP contribution < -0.4 is 16.0 Å². The van der Waals surface area contributed by atoms with Gasteiger partial charge in [0.05, 0.1) is 12.8 Å². The van der Waals surface area contributed by atoms with Crippen LogP contribution in [0.4, 0.5) is 5.69 Å². The summed E-state index contributed by atoms with van der Waals surface area (Å²) in [4.78, 5) is 30.8. The van der Waals surface area contributed by atoms with Gasteiger partial charge in [0.2, 0.25) is 0 Å². The average molecular weight is 342 g/mol. The summed E-state index contributed by atoms with van der Waals surface area (Å²) in [6.07, 6.45) is 5.05. The summed E-state index contributed by atoms with van der Waals surface area (Å²) in [7, 11) is 8.37. The fraction of sp³-hybridized carbons (Fsp3) is 0.278. The van der Waals surface area contributed by atoms with Crippen molar-refractivity contribution in [1.82, 2.24) is 14.0 Å². The maximum atomic E-state index is 12.5. The number of benzene rings is 1. The molecule has 0 amide bonds. The molecule has 0 bridgehead atoms. The third-order valence-corrected chi connectivity index (χ3v) is 3.67. The van der Waals surface area contributed by atoms with Gasteiger partial charge in [-0.25, -0.2) is 9.79 Å². The van der Waals surface area contributed by atoms with E-state index >= 15 is 0 Å². The van der Waals surface area contributed by atoms with Crippen LogP contribution in [0, 0.1) is 0 Å². The Hall–Kier alpha value is -3.09. The van der Waals surface area contributed by atoms with Gasteiger partial charge in [-0.2, -0.15) is 0 Å². The van der Waals surface area contributed by atoms with Crippen LogP contribution in [0.15, 0.2) is 45.0 Å². The molecule has 1 aromatic carbocycles. The number of methoxy groups -OCH3 is 1. The lowest BCUT2D eigenvalue weighted by atomic mass is 10.2. The highest BCUT2D eigenvalue weighted by atomic mass is 16.5. The van der Waals surface area contributed by atoms with Crippen molar-refractivity contribution >= 4 is 18.0 Å². The first-order valence-corrected chi connectivity index (χ1v) is 7.68. The second-order valence-corrected chi connectivity index (χ2v) is 5.75. The molecule has 0 N–H and O–H groups in total. The predicted octanol–water partition coefficient (Wildman–Crippen LogP) is 1.38. The monoisotopic (exact) mass is 342 g/mol. The molecular weight excluding hydrogens is 320 g/mol. The Morgan fingerprint density at radius 3 is 2.28 bits per heavy atom. The van der Waals surface area contributed by atoms with Gasteiger partial charge in [0.1, 0.15) is 5.75 Å². The number of nitrogens with zero attached hydrogens (tertiary/aromatic N) is 4. The molecule has 0 aliphatic heterocycles. The molecule has 1 aromatic heterocycles. The first-order valence-electron chi connectivity index (χ1n) is 7.68. The zero-order valence-electron chi connectivity index (χ0n) is 15.1. The molecule has 0 spiro atoms. The van der Waals surface area contributed by atoms with Crippen molar-refractivity contribution in [3.8, 4) is 5.75 Å². The SMILES string of the molecule is COc1ccc(C=Nc2c(/C=C/N(C)C)n(C)c(=O)n(C)c2=O)cc1. The fourth-order valence-corrected chi connectivity index (χ4v) is 2.20. The van der Waals surface area contributed by atoms with Crippen molar-refractivity contribution in [2.45, 2.75) is 0 Å². The predicted molar refractivity (Wildman–Crippen MR) is 99.9 cm³/mol. The molecule has 0 aliphatic carbocycles. The van der Waals surface area contributed by atoms with Crippen LogP contribution in [0.25, 0.3) is 6.08 Å². The molecular formula is C18H22N4O3. The number of hydrogen-bond acceptors (Lipinski definition) is 5. The minimum Gasteiger partial charge on any atom is -0.497 e. The molecule has 25 heavy (non-hydrogen) atoms. The van der Waals surface area contributed by atoms with Crippen LogP contribution in [0.3, 0.4) is 0 Å². The van der Waals surface area contributed by atoms with E-state index in [9.17, 15) is 9.59 Å². The average Bonchev–Trinajstić information content (AvgIpc) is 2.61. The van der Waals surface area contributed by atoms with E-state index in [1.165, 1.54) is 11.6 Å². The van der Waals surface area contributed by atoms with Gasteiger partial charge in [-0.05, 0) is 35.9 Å². The Bertz CT molecular complexity index is 919. The molecule has 2 aromatic rings. The van der Waals surface area contributed by atoms with Gasteiger partial charge >= 0.3 is 5.69 Å². The first kappa shape index (κ1) is 18.3. The van der Waals surface area contributed by atoms with Crippen molar-refractivity contribution < 1.29 is 4.74 Å². The van der Waals surface area contributed by atoms with Crippen LogP contribution in [-0.4, -0.2) is 41.5 Å². The van der Waals surface area contributed by atoms with Gasteiger partial charge < -0.3 is 9.64 Å². The maximum Gasteiger partial charge on any atom is 0.331 e. The molecule has 0 saturated heterocycles. The Morgan fingerprint density at radius 2 is 1.72 bits per heavy atom. The van der Waals surface area contributed by atoms with Gasteiger partial charge in [0, 0.05) is 40.6 Å². The second-order valence-electron chi connectivity index (χ2n) is 5.75. The molecule has 132 valence electrons. The van der Waals surface area contributed by atoms with E-state index in [-0.39, 0.29) is 5.69 Å². The second kappa shape index (κ2) is 7.65. The highest BCUT2D eigenvalue weighted by Crippen LogP contribution is 2.15. The molecule has 7 heteroatoms. The lowest BCUT2D eigenvalue weighted by molar-refractivity contribution is 0.415. The highest BCUT2D eigenvalue weighted by Gasteiger charge is 2.12. The van der Waals surface area contributed by atoms with Crippen molar-refractivity contribution in [2.75, 3.05) is 21.2 Å². The van der Waals surface area contributed by atoms with Crippen molar-refractivity contribution in [3.05, 3.63) is 62.6 Å². The Balaban J connectivity index is 2.56. The zero-order valence-corrected chi connectivity index (χ0v) is 15.1. The zero-order chi connectivity index (χ0) is 18.6. The standard InChI is InChI=1S/C18H22N4O3/c1-20(2)11-10-15-16(17(23)22(4)18(24)21(15)3)19-12-13-6-8-14(25-5)9-7-13/h6-12H,1-5H3/b11-10+,19-12?. The molecule has 2 rings (SSSR count). The lowest BCUT2D eigenvalue weighted by Crippen LogP contribution is -2.37. The molecule has 0 radical (unpaired) electrons. The lowest BCUT2D eigenvalue weighted by Gasteiger charge is -2.11. The van der Waals surface area contributed by atoms with Gasteiger partial charge in [0.15, 0.2) is 5.69 Å². The normalized spacial score (nSPS) is 11.4. The maximum absolute atomic E-state index is 12.5. The molecule has 0 aliphatic rings. The topological polar surface area (TPSA) is 68.8 Å². The van der Waals surface area contributed by atoms with Gasteiger partial charge in [-0.15, -0.1) is 0 Å². The summed E-state index contributed by atoms with van der Waals surface area (Å²) in [5, 5.41) is 0. The van der Waals surface area contributed by atoms with Crippen LogP contribution in [0.5, 0.6) is 5.75 Å². The minimum atomic E-state index is -0.439. The van der Waals surface area contributed by atoms with Gasteiger partial charge in [-0.3, -0.25) is 13.9 Å². The van der Waals surface area contributed by atoms with Crippen LogP contribution in [0.1, 0.15) is 11.3 Å². The summed E-state index contributed by atoms with van der Waals surface area (Å²) >= 11 is 0. The quantitative estimate of drug-likeness (QED) is 0.770. The van der Waals surface area contributed by atoms with Gasteiger partial charge in [0.25, 0.3) is 5.56 Å². The Kier molecular flexibility index (Phi) is 5.59. The summed E-state index contributed by atoms with van der Waals surface area (Å²) in [6.45, 7) is 0. The van der Waals surface area contributed by atoms with E-state index in [2.05, 4.69) is 4.99 Å². The van der Waals surface area contributed by atoms with E-state index in [0.717, 1.165) is 15.9 Å². The Morgan fingerprint density at radius 1 is 1.08 bits per heavy atom. The molecule has 0 saturated carbocycles. The number of aromatic nitrogens is 2. The number of rotatable bonds is 5. The van der Waals surface area contributed by atoms with Crippen LogP contribution in [-0.2, 0) is 14.1 Å². The molecule has 7 nitrogen and oxygen atoms in total. The number of ether oxygens (including phenoxy) is 1. The van der Waals surface area contributed by atoms with Crippen molar-refractivity contribution in [3.63, 3.8) is 0 Å². The van der Waals surface area contributed by atoms with Gasteiger partial charge in [-0.1, -0.05) is 0 Å². The van der Waals surface area contributed by atoms with E-state index in [4.69, 9.17) is 4.74 Å². The van der Waals surface area contributed by atoms with E-state index in [1.807, 2.05) is 43.3 Å². The van der Waals surface area contributed by atoms with Crippen molar-refractivity contribution in [2.24, 2.45) is 19.1 Å². The van der Waals surface area contributed by atoms with Crippen LogP contribution in [0.2, 0.25) is 0 Å². The van der Waals surface area contributed by atoms with E-state index in [0.29, 0.717) is 5.69 Å². The largest absolute Gasteiger partial charge is 0.497 e. The third-order valence-electron chi connectivity index (χ3n) is 3.67. The van der Waals surface area contributed by atoms with E-state index < -0.39 is 11.2 Å². The fourth-order valence-electron chi connectivity index (χ4n) is 2.20. The molecule has 0 atom stereocenters. The summed E-state index contributed by atoms with van der Waals surface area (Å²) in [5.74, 6) is 0.741.